The van der Waals surface area contributed by atoms with Crippen LogP contribution in [0.25, 0.3) is 0 Å². The number of carbonyl (C=O) groups excluding carboxylic acids is 2. The van der Waals surface area contributed by atoms with Crippen LogP contribution in [0.15, 0.2) is 36.4 Å². The number of benzene rings is 2. The maximum absolute atomic E-state index is 13.4. The SMILES string of the molecule is CC[C@@H](C(=O)NC1CCCCC1)N(Cc1ccc(Cl)cc1Cl)C(=O)CSCc1ccc(Cl)c(Cl)c1. The molecule has 0 aromatic heterocycles. The van der Waals surface area contributed by atoms with Gasteiger partial charge in [0, 0.05) is 28.4 Å². The number of thioether (sulfide) groups is 1. The van der Waals surface area contributed by atoms with Crippen molar-refractivity contribution in [1.29, 1.82) is 0 Å². The second-order valence-corrected chi connectivity index (χ2v) is 11.4. The molecule has 2 amide bonds. The summed E-state index contributed by atoms with van der Waals surface area (Å²) in [5.41, 5.74) is 1.73. The van der Waals surface area contributed by atoms with Gasteiger partial charge >= 0.3 is 0 Å². The average Bonchev–Trinajstić information content (AvgIpc) is 2.83. The molecule has 3 rings (SSSR count). The molecule has 35 heavy (non-hydrogen) atoms. The minimum Gasteiger partial charge on any atom is -0.352 e. The normalized spacial score (nSPS) is 15.0. The van der Waals surface area contributed by atoms with Crippen molar-refractivity contribution >= 4 is 70.0 Å². The first-order valence-electron chi connectivity index (χ1n) is 11.8. The van der Waals surface area contributed by atoms with Crippen LogP contribution in [0.5, 0.6) is 0 Å². The summed E-state index contributed by atoms with van der Waals surface area (Å²) < 4.78 is 0. The van der Waals surface area contributed by atoms with Gasteiger partial charge < -0.3 is 10.2 Å². The molecule has 1 aliphatic carbocycles. The Bertz CT molecular complexity index is 1030. The Kier molecular flexibility index (Phi) is 11.4. The number of amides is 2. The van der Waals surface area contributed by atoms with Crippen LogP contribution in [-0.2, 0) is 21.9 Å². The average molecular weight is 576 g/mol. The third-order valence-corrected chi connectivity index (χ3v) is 8.49. The second kappa shape index (κ2) is 14.0. The summed E-state index contributed by atoms with van der Waals surface area (Å²) in [5, 5.41) is 5.17. The highest BCUT2D eigenvalue weighted by molar-refractivity contribution is 7.99. The van der Waals surface area contributed by atoms with E-state index in [0.717, 1.165) is 36.8 Å². The van der Waals surface area contributed by atoms with Crippen molar-refractivity contribution in [3.05, 3.63) is 67.6 Å². The molecule has 0 heterocycles. The first kappa shape index (κ1) is 28.5. The standard InChI is InChI=1S/C26H30Cl4N2O2S/c1-2-24(26(34)31-20-6-4-3-5-7-20)32(14-18-9-10-19(27)13-22(18)29)25(33)16-35-15-17-8-11-21(28)23(30)12-17/h8-13,20,24H,2-7,14-16H2,1H3,(H,31,34)/t24-/m0/s1. The second-order valence-electron chi connectivity index (χ2n) is 8.77. The predicted molar refractivity (Wildman–Crippen MR) is 149 cm³/mol. The Morgan fingerprint density at radius 2 is 1.74 bits per heavy atom. The smallest absolute Gasteiger partial charge is 0.243 e. The van der Waals surface area contributed by atoms with Gasteiger partial charge in [-0.05, 0) is 54.7 Å². The van der Waals surface area contributed by atoms with Crippen molar-refractivity contribution in [2.24, 2.45) is 0 Å². The zero-order chi connectivity index (χ0) is 25.4. The van der Waals surface area contributed by atoms with E-state index in [4.69, 9.17) is 46.4 Å². The molecule has 190 valence electrons. The van der Waals surface area contributed by atoms with E-state index in [1.54, 1.807) is 35.2 Å². The van der Waals surface area contributed by atoms with Gasteiger partial charge in [-0.3, -0.25) is 9.59 Å². The van der Waals surface area contributed by atoms with Gasteiger partial charge in [0.05, 0.1) is 15.8 Å². The van der Waals surface area contributed by atoms with Crippen LogP contribution >= 0.6 is 58.2 Å². The fourth-order valence-electron chi connectivity index (χ4n) is 4.27. The summed E-state index contributed by atoms with van der Waals surface area (Å²) in [6.07, 6.45) is 5.93. The molecule has 0 aliphatic heterocycles. The minimum absolute atomic E-state index is 0.104. The maximum atomic E-state index is 13.4. The molecule has 0 bridgehead atoms. The Balaban J connectivity index is 1.73. The number of hydrogen-bond donors (Lipinski definition) is 1. The van der Waals surface area contributed by atoms with Crippen molar-refractivity contribution < 1.29 is 9.59 Å². The zero-order valence-corrected chi connectivity index (χ0v) is 23.5. The number of hydrogen-bond acceptors (Lipinski definition) is 3. The van der Waals surface area contributed by atoms with Gasteiger partial charge in [0.1, 0.15) is 6.04 Å². The number of nitrogens with one attached hydrogen (secondary N) is 1. The molecule has 2 aromatic rings. The molecule has 0 saturated heterocycles. The first-order valence-corrected chi connectivity index (χ1v) is 14.5. The molecule has 1 fully saturated rings. The molecule has 9 heteroatoms. The van der Waals surface area contributed by atoms with E-state index in [1.807, 2.05) is 13.0 Å². The Hall–Kier alpha value is -1.11. The number of rotatable bonds is 10. The highest BCUT2D eigenvalue weighted by atomic mass is 35.5. The fraction of sp³-hybridized carbons (Fsp3) is 0.462. The highest BCUT2D eigenvalue weighted by Gasteiger charge is 2.30. The third-order valence-electron chi connectivity index (χ3n) is 6.17. The summed E-state index contributed by atoms with van der Waals surface area (Å²) in [6, 6.07) is 10.2. The predicted octanol–water partition coefficient (Wildman–Crippen LogP) is 7.79. The van der Waals surface area contributed by atoms with Gasteiger partial charge in [0.2, 0.25) is 11.8 Å². The topological polar surface area (TPSA) is 49.4 Å². The minimum atomic E-state index is -0.582. The van der Waals surface area contributed by atoms with Crippen LogP contribution in [0.3, 0.4) is 0 Å². The van der Waals surface area contributed by atoms with Gasteiger partial charge in [-0.15, -0.1) is 11.8 Å². The Morgan fingerprint density at radius 1 is 1.00 bits per heavy atom. The van der Waals surface area contributed by atoms with Crippen LogP contribution in [0.4, 0.5) is 0 Å². The lowest BCUT2D eigenvalue weighted by Gasteiger charge is -2.33. The van der Waals surface area contributed by atoms with Crippen molar-refractivity contribution in [1.82, 2.24) is 10.2 Å². The van der Waals surface area contributed by atoms with Gasteiger partial charge in [-0.25, -0.2) is 0 Å². The van der Waals surface area contributed by atoms with Crippen LogP contribution in [0.1, 0.15) is 56.6 Å². The first-order chi connectivity index (χ1) is 16.8. The van der Waals surface area contributed by atoms with Crippen molar-refractivity contribution in [3.8, 4) is 0 Å². The van der Waals surface area contributed by atoms with E-state index in [0.29, 0.717) is 32.3 Å². The van der Waals surface area contributed by atoms with Crippen molar-refractivity contribution in [2.45, 2.75) is 69.8 Å². The molecule has 4 nitrogen and oxygen atoms in total. The summed E-state index contributed by atoms with van der Waals surface area (Å²) in [5.74, 6) is 0.598. The van der Waals surface area contributed by atoms with Crippen molar-refractivity contribution in [2.75, 3.05) is 5.75 Å². The lowest BCUT2D eigenvalue weighted by Crippen LogP contribution is -2.52. The van der Waals surface area contributed by atoms with E-state index >= 15 is 0 Å². The highest BCUT2D eigenvalue weighted by Crippen LogP contribution is 2.27. The summed E-state index contributed by atoms with van der Waals surface area (Å²) in [6.45, 7) is 2.16. The lowest BCUT2D eigenvalue weighted by molar-refractivity contribution is -0.139. The molecule has 1 saturated carbocycles. The van der Waals surface area contributed by atoms with E-state index < -0.39 is 6.04 Å². The molecule has 0 unspecified atom stereocenters. The molecular weight excluding hydrogens is 546 g/mol. The summed E-state index contributed by atoms with van der Waals surface area (Å²) >= 11 is 26.1. The lowest BCUT2D eigenvalue weighted by atomic mass is 9.95. The maximum Gasteiger partial charge on any atom is 0.243 e. The fourth-order valence-corrected chi connectivity index (χ4v) is 5.91. The quantitative estimate of drug-likeness (QED) is 0.314. The third kappa shape index (κ3) is 8.46. The number of carbonyl (C=O) groups is 2. The van der Waals surface area contributed by atoms with E-state index in [9.17, 15) is 9.59 Å². The number of nitrogens with zero attached hydrogens (tertiary/aromatic N) is 1. The molecule has 1 N–H and O–H groups in total. The van der Waals surface area contributed by atoms with Crippen molar-refractivity contribution in [3.63, 3.8) is 0 Å². The van der Waals surface area contributed by atoms with Gasteiger partial charge in [-0.1, -0.05) is 84.7 Å². The number of halogens is 4. The molecule has 1 atom stereocenters. The van der Waals surface area contributed by atoms with E-state index in [-0.39, 0.29) is 30.2 Å². The zero-order valence-electron chi connectivity index (χ0n) is 19.7. The summed E-state index contributed by atoms with van der Waals surface area (Å²) in [7, 11) is 0. The largest absolute Gasteiger partial charge is 0.352 e. The van der Waals surface area contributed by atoms with Crippen LogP contribution in [-0.4, -0.2) is 34.6 Å². The molecule has 1 aliphatic rings. The molecule has 0 spiro atoms. The van der Waals surface area contributed by atoms with E-state index in [1.165, 1.54) is 18.2 Å². The van der Waals surface area contributed by atoms with Crippen LogP contribution in [0.2, 0.25) is 20.1 Å². The van der Waals surface area contributed by atoms with Gasteiger partial charge in [-0.2, -0.15) is 0 Å². The molecule has 0 radical (unpaired) electrons. The van der Waals surface area contributed by atoms with Gasteiger partial charge in [0.25, 0.3) is 0 Å². The van der Waals surface area contributed by atoms with Crippen LogP contribution < -0.4 is 5.32 Å². The Morgan fingerprint density at radius 3 is 2.40 bits per heavy atom. The molecular formula is C26H30Cl4N2O2S. The Labute approximate surface area is 232 Å². The summed E-state index contributed by atoms with van der Waals surface area (Å²) in [4.78, 5) is 28.4. The molecule has 2 aromatic carbocycles. The monoisotopic (exact) mass is 574 g/mol. The van der Waals surface area contributed by atoms with Gasteiger partial charge in [0.15, 0.2) is 0 Å². The van der Waals surface area contributed by atoms with Crippen LogP contribution in [0, 0.1) is 0 Å². The van der Waals surface area contributed by atoms with E-state index in [2.05, 4.69) is 5.32 Å².